The molecule has 0 aromatic heterocycles. The molecule has 0 saturated heterocycles. The van der Waals surface area contributed by atoms with Gasteiger partial charge < -0.3 is 5.11 Å². The normalized spacial score (nSPS) is 12.0. The van der Waals surface area contributed by atoms with Gasteiger partial charge in [0.15, 0.2) is 0 Å². The molecule has 0 aliphatic heterocycles. The van der Waals surface area contributed by atoms with Crippen LogP contribution in [-0.2, 0) is 14.8 Å². The van der Waals surface area contributed by atoms with Crippen LogP contribution in [0.25, 0.3) is 6.08 Å². The van der Waals surface area contributed by atoms with E-state index in [9.17, 15) is 13.2 Å². The third-order valence-corrected chi connectivity index (χ3v) is 4.33. The van der Waals surface area contributed by atoms with E-state index in [-0.39, 0.29) is 10.5 Å². The molecule has 0 aliphatic rings. The number of carboxylic acid groups (broad SMARTS) is 1. The third-order valence-electron chi connectivity index (χ3n) is 2.94. The Morgan fingerprint density at radius 2 is 1.64 bits per heavy atom. The Morgan fingerprint density at radius 1 is 1.05 bits per heavy atom. The zero-order valence-corrected chi connectivity index (χ0v) is 12.7. The number of hydrogen-bond donors (Lipinski definition) is 2. The lowest BCUT2D eigenvalue weighted by atomic mass is 10.1. The summed E-state index contributed by atoms with van der Waals surface area (Å²) in [6, 6.07) is 14.5. The fourth-order valence-corrected chi connectivity index (χ4v) is 2.85. The Balaban J connectivity index is 2.19. The van der Waals surface area contributed by atoms with Crippen molar-refractivity contribution >= 4 is 27.8 Å². The molecular weight excluding hydrogens is 302 g/mol. The molecule has 2 aromatic rings. The molecule has 0 unspecified atom stereocenters. The lowest BCUT2D eigenvalue weighted by Gasteiger charge is -2.08. The average Bonchev–Trinajstić information content (AvgIpc) is 2.50. The fraction of sp³-hybridized carbons (Fsp3) is 0.0625. The molecular formula is C16H15NO4S. The highest BCUT2D eigenvalue weighted by atomic mass is 32.2. The fourth-order valence-electron chi connectivity index (χ4n) is 1.77. The Labute approximate surface area is 129 Å². The van der Waals surface area contributed by atoms with Crippen molar-refractivity contribution in [2.45, 2.75) is 11.8 Å². The van der Waals surface area contributed by atoms with Gasteiger partial charge in [-0.3, -0.25) is 4.72 Å². The van der Waals surface area contributed by atoms with Crippen LogP contribution in [0.5, 0.6) is 0 Å². The van der Waals surface area contributed by atoms with Crippen molar-refractivity contribution in [1.29, 1.82) is 0 Å². The van der Waals surface area contributed by atoms with E-state index in [1.807, 2.05) is 0 Å². The molecule has 0 radical (unpaired) electrons. The van der Waals surface area contributed by atoms with Gasteiger partial charge in [-0.05, 0) is 42.8 Å². The quantitative estimate of drug-likeness (QED) is 0.830. The van der Waals surface area contributed by atoms with Crippen molar-refractivity contribution in [3.63, 3.8) is 0 Å². The summed E-state index contributed by atoms with van der Waals surface area (Å²) >= 11 is 0. The number of aliphatic carboxylic acids is 1. The highest BCUT2D eigenvalue weighted by Crippen LogP contribution is 2.17. The van der Waals surface area contributed by atoms with E-state index in [1.54, 1.807) is 42.5 Å². The van der Waals surface area contributed by atoms with Gasteiger partial charge >= 0.3 is 5.97 Å². The van der Waals surface area contributed by atoms with Crippen LogP contribution in [0.15, 0.2) is 65.1 Å². The summed E-state index contributed by atoms with van der Waals surface area (Å²) in [5.41, 5.74) is 1.30. The van der Waals surface area contributed by atoms with E-state index in [1.165, 1.54) is 25.1 Å². The SMILES string of the molecule is CC(=Cc1ccc(NS(=O)(=O)c2ccccc2)cc1)C(=O)O. The van der Waals surface area contributed by atoms with E-state index in [4.69, 9.17) is 5.11 Å². The lowest BCUT2D eigenvalue weighted by Crippen LogP contribution is -2.12. The van der Waals surface area contributed by atoms with Gasteiger partial charge in [-0.2, -0.15) is 0 Å². The Kier molecular flexibility index (Phi) is 4.62. The number of benzene rings is 2. The van der Waals surface area contributed by atoms with Crippen molar-refractivity contribution in [3.8, 4) is 0 Å². The van der Waals surface area contributed by atoms with E-state index < -0.39 is 16.0 Å². The van der Waals surface area contributed by atoms with Crippen molar-refractivity contribution in [3.05, 3.63) is 65.7 Å². The molecule has 5 nitrogen and oxygen atoms in total. The summed E-state index contributed by atoms with van der Waals surface area (Å²) < 4.78 is 26.8. The number of hydrogen-bond acceptors (Lipinski definition) is 3. The number of carbonyl (C=O) groups is 1. The van der Waals surface area contributed by atoms with Crippen LogP contribution in [0.1, 0.15) is 12.5 Å². The summed E-state index contributed by atoms with van der Waals surface area (Å²) in [7, 11) is -3.62. The molecule has 0 amide bonds. The van der Waals surface area contributed by atoms with Gasteiger partial charge in [-0.25, -0.2) is 13.2 Å². The summed E-state index contributed by atoms with van der Waals surface area (Å²) in [4.78, 5) is 10.9. The van der Waals surface area contributed by atoms with Crippen LogP contribution in [-0.4, -0.2) is 19.5 Å². The second-order valence-electron chi connectivity index (χ2n) is 4.67. The summed E-state index contributed by atoms with van der Waals surface area (Å²) in [5.74, 6) is -0.992. The molecule has 2 N–H and O–H groups in total. The van der Waals surface area contributed by atoms with Gasteiger partial charge in [0, 0.05) is 11.3 Å². The second-order valence-corrected chi connectivity index (χ2v) is 6.36. The summed E-state index contributed by atoms with van der Waals surface area (Å²) in [6.45, 7) is 1.49. The van der Waals surface area contributed by atoms with Crippen molar-refractivity contribution in [1.82, 2.24) is 0 Å². The number of anilines is 1. The molecule has 0 bridgehead atoms. The second kappa shape index (κ2) is 6.44. The van der Waals surface area contributed by atoms with Gasteiger partial charge in [0.25, 0.3) is 10.0 Å². The Hall–Kier alpha value is -2.60. The molecule has 114 valence electrons. The first-order valence-electron chi connectivity index (χ1n) is 6.48. The van der Waals surface area contributed by atoms with Crippen LogP contribution in [0, 0.1) is 0 Å². The topological polar surface area (TPSA) is 83.5 Å². The minimum atomic E-state index is -3.62. The Bertz CT molecular complexity index is 794. The number of nitrogens with one attached hydrogen (secondary N) is 1. The van der Waals surface area contributed by atoms with Crippen molar-refractivity contribution in [2.75, 3.05) is 4.72 Å². The highest BCUT2D eigenvalue weighted by Gasteiger charge is 2.13. The molecule has 22 heavy (non-hydrogen) atoms. The molecule has 0 spiro atoms. The molecule has 2 aromatic carbocycles. The first kappa shape index (κ1) is 15.8. The van der Waals surface area contributed by atoms with Gasteiger partial charge in [0.2, 0.25) is 0 Å². The zero-order chi connectivity index (χ0) is 16.2. The van der Waals surface area contributed by atoms with Crippen molar-refractivity contribution in [2.24, 2.45) is 0 Å². The van der Waals surface area contributed by atoms with Crippen LogP contribution < -0.4 is 4.72 Å². The molecule has 2 rings (SSSR count). The van der Waals surface area contributed by atoms with Gasteiger partial charge in [-0.1, -0.05) is 30.3 Å². The monoisotopic (exact) mass is 317 g/mol. The van der Waals surface area contributed by atoms with Crippen LogP contribution in [0.2, 0.25) is 0 Å². The standard InChI is InChI=1S/C16H15NO4S/c1-12(16(18)19)11-13-7-9-14(10-8-13)17-22(20,21)15-5-3-2-4-6-15/h2-11,17H,1H3,(H,18,19). The first-order valence-corrected chi connectivity index (χ1v) is 7.96. The van der Waals surface area contributed by atoms with Gasteiger partial charge in [0.1, 0.15) is 0 Å². The third kappa shape index (κ3) is 3.95. The van der Waals surface area contributed by atoms with Gasteiger partial charge in [0.05, 0.1) is 4.90 Å². The van der Waals surface area contributed by atoms with Crippen molar-refractivity contribution < 1.29 is 18.3 Å². The predicted octanol–water partition coefficient (Wildman–Crippen LogP) is 2.98. The number of rotatable bonds is 5. The molecule has 6 heteroatoms. The predicted molar refractivity (Wildman–Crippen MR) is 85.0 cm³/mol. The summed E-state index contributed by atoms with van der Waals surface area (Å²) in [5, 5.41) is 8.82. The molecule has 0 fully saturated rings. The minimum absolute atomic E-state index is 0.181. The smallest absolute Gasteiger partial charge is 0.331 e. The zero-order valence-electron chi connectivity index (χ0n) is 11.9. The maximum absolute atomic E-state index is 12.2. The number of carboxylic acids is 1. The largest absolute Gasteiger partial charge is 0.478 e. The maximum atomic E-state index is 12.2. The van der Waals surface area contributed by atoms with E-state index in [2.05, 4.69) is 4.72 Å². The molecule has 0 aliphatic carbocycles. The average molecular weight is 317 g/mol. The first-order chi connectivity index (χ1) is 10.4. The highest BCUT2D eigenvalue weighted by molar-refractivity contribution is 7.92. The molecule has 0 atom stereocenters. The lowest BCUT2D eigenvalue weighted by molar-refractivity contribution is -0.132. The van der Waals surface area contributed by atoms with E-state index in [0.717, 1.165) is 0 Å². The van der Waals surface area contributed by atoms with E-state index in [0.29, 0.717) is 11.3 Å². The van der Waals surface area contributed by atoms with Crippen LogP contribution >= 0.6 is 0 Å². The summed E-state index contributed by atoms with van der Waals surface area (Å²) in [6.07, 6.45) is 1.51. The minimum Gasteiger partial charge on any atom is -0.478 e. The Morgan fingerprint density at radius 3 is 2.18 bits per heavy atom. The molecule has 0 saturated carbocycles. The van der Waals surface area contributed by atoms with Crippen LogP contribution in [0.4, 0.5) is 5.69 Å². The van der Waals surface area contributed by atoms with Gasteiger partial charge in [-0.15, -0.1) is 0 Å². The van der Waals surface area contributed by atoms with E-state index >= 15 is 0 Å². The number of sulfonamides is 1. The molecule has 0 heterocycles. The van der Waals surface area contributed by atoms with Crippen LogP contribution in [0.3, 0.4) is 0 Å². The maximum Gasteiger partial charge on any atom is 0.331 e.